The van der Waals surface area contributed by atoms with Gasteiger partial charge in [0.1, 0.15) is 0 Å². The molecule has 0 radical (unpaired) electrons. The maximum Gasteiger partial charge on any atom is 0.229 e. The minimum Gasteiger partial charge on any atom is -0.349 e. The second-order valence-corrected chi connectivity index (χ2v) is 7.09. The molecule has 1 aromatic rings. The second kappa shape index (κ2) is 8.36. The molecule has 0 fully saturated rings. The Balaban J connectivity index is 0.00000441. The fraction of sp³-hybridized carbons (Fsp3) is 0.500. The van der Waals surface area contributed by atoms with Crippen LogP contribution in [0.2, 0.25) is 0 Å². The van der Waals surface area contributed by atoms with Crippen molar-refractivity contribution in [2.24, 2.45) is 11.7 Å². The van der Waals surface area contributed by atoms with Gasteiger partial charge in [0.2, 0.25) is 15.9 Å². The normalized spacial score (nSPS) is 15.1. The van der Waals surface area contributed by atoms with Crippen molar-refractivity contribution in [1.82, 2.24) is 5.32 Å². The molecule has 0 heterocycles. The highest BCUT2D eigenvalue weighted by Crippen LogP contribution is 2.23. The first-order valence-electron chi connectivity index (χ1n) is 6.74. The van der Waals surface area contributed by atoms with Crippen LogP contribution in [0.3, 0.4) is 0 Å². The van der Waals surface area contributed by atoms with Crippen LogP contribution in [0.15, 0.2) is 24.3 Å². The summed E-state index contributed by atoms with van der Waals surface area (Å²) in [6, 6.07) is 6.38. The summed E-state index contributed by atoms with van der Waals surface area (Å²) in [5.41, 5.74) is 6.87. The van der Waals surface area contributed by atoms with Crippen molar-refractivity contribution >= 4 is 34.0 Å². The molecule has 0 aliphatic carbocycles. The smallest absolute Gasteiger partial charge is 0.229 e. The third-order valence-electron chi connectivity index (χ3n) is 3.28. The largest absolute Gasteiger partial charge is 0.349 e. The lowest BCUT2D eigenvalue weighted by molar-refractivity contribution is -0.125. The van der Waals surface area contributed by atoms with Gasteiger partial charge in [-0.15, -0.1) is 12.4 Å². The SMILES string of the molecule is CC(NC(=O)C(C)C(C)N)c1ccccc1NS(C)(=O)=O.Cl. The number of hydrogen-bond donors (Lipinski definition) is 3. The average Bonchev–Trinajstić information content (AvgIpc) is 2.36. The van der Waals surface area contributed by atoms with Crippen LogP contribution in [-0.4, -0.2) is 26.6 Å². The van der Waals surface area contributed by atoms with E-state index in [1.807, 2.05) is 0 Å². The molecule has 0 spiro atoms. The Morgan fingerprint density at radius 1 is 1.18 bits per heavy atom. The van der Waals surface area contributed by atoms with E-state index in [0.29, 0.717) is 11.3 Å². The molecule has 3 unspecified atom stereocenters. The zero-order valence-corrected chi connectivity index (χ0v) is 14.8. The lowest BCUT2D eigenvalue weighted by Crippen LogP contribution is -2.39. The third kappa shape index (κ3) is 6.21. The minimum absolute atomic E-state index is 0. The number of sulfonamides is 1. The van der Waals surface area contributed by atoms with E-state index in [4.69, 9.17) is 5.73 Å². The van der Waals surface area contributed by atoms with Crippen LogP contribution in [0.4, 0.5) is 5.69 Å². The quantitative estimate of drug-likeness (QED) is 0.726. The van der Waals surface area contributed by atoms with Crippen molar-refractivity contribution in [2.75, 3.05) is 11.0 Å². The van der Waals surface area contributed by atoms with E-state index in [9.17, 15) is 13.2 Å². The molecule has 4 N–H and O–H groups in total. The number of para-hydroxylation sites is 1. The molecule has 0 aromatic heterocycles. The molecule has 126 valence electrons. The van der Waals surface area contributed by atoms with Gasteiger partial charge in [-0.05, 0) is 25.5 Å². The highest BCUT2D eigenvalue weighted by Gasteiger charge is 2.20. The summed E-state index contributed by atoms with van der Waals surface area (Å²) in [6.45, 7) is 5.33. The zero-order chi connectivity index (χ0) is 16.2. The van der Waals surface area contributed by atoms with Gasteiger partial charge in [-0.2, -0.15) is 0 Å². The summed E-state index contributed by atoms with van der Waals surface area (Å²) < 4.78 is 25.2. The topological polar surface area (TPSA) is 101 Å². The van der Waals surface area contributed by atoms with Crippen molar-refractivity contribution in [3.05, 3.63) is 29.8 Å². The molecule has 1 rings (SSSR count). The molecule has 1 aromatic carbocycles. The summed E-state index contributed by atoms with van der Waals surface area (Å²) in [7, 11) is -3.37. The fourth-order valence-corrected chi connectivity index (χ4v) is 2.41. The molecule has 0 bridgehead atoms. The van der Waals surface area contributed by atoms with Gasteiger partial charge in [0.25, 0.3) is 0 Å². The highest BCUT2D eigenvalue weighted by molar-refractivity contribution is 7.92. The van der Waals surface area contributed by atoms with Gasteiger partial charge in [-0.3, -0.25) is 9.52 Å². The van der Waals surface area contributed by atoms with Gasteiger partial charge < -0.3 is 11.1 Å². The third-order valence-corrected chi connectivity index (χ3v) is 3.87. The van der Waals surface area contributed by atoms with Crippen LogP contribution >= 0.6 is 12.4 Å². The number of halogens is 1. The van der Waals surface area contributed by atoms with Crippen LogP contribution in [-0.2, 0) is 14.8 Å². The summed E-state index contributed by atoms with van der Waals surface area (Å²) in [6.07, 6.45) is 1.09. The lowest BCUT2D eigenvalue weighted by Gasteiger charge is -2.22. The van der Waals surface area contributed by atoms with Gasteiger partial charge in [-0.25, -0.2) is 8.42 Å². The van der Waals surface area contributed by atoms with Gasteiger partial charge in [0.15, 0.2) is 0 Å². The van der Waals surface area contributed by atoms with E-state index < -0.39 is 10.0 Å². The predicted octanol–water partition coefficient (Wildman–Crippen LogP) is 1.64. The van der Waals surface area contributed by atoms with Crippen LogP contribution in [0.5, 0.6) is 0 Å². The molecule has 3 atom stereocenters. The molecule has 1 amide bonds. The molecule has 6 nitrogen and oxygen atoms in total. The van der Waals surface area contributed by atoms with Crippen LogP contribution in [0, 0.1) is 5.92 Å². The maximum atomic E-state index is 12.0. The van der Waals surface area contributed by atoms with E-state index in [1.165, 1.54) is 0 Å². The van der Waals surface area contributed by atoms with Crippen molar-refractivity contribution in [3.8, 4) is 0 Å². The Kier molecular flexibility index (Phi) is 7.86. The number of carbonyl (C=O) groups excluding carboxylic acids is 1. The van der Waals surface area contributed by atoms with Crippen molar-refractivity contribution in [1.29, 1.82) is 0 Å². The molecule has 8 heteroatoms. The number of amides is 1. The number of rotatable bonds is 6. The summed E-state index contributed by atoms with van der Waals surface area (Å²) in [5, 5.41) is 2.85. The van der Waals surface area contributed by atoms with E-state index >= 15 is 0 Å². The van der Waals surface area contributed by atoms with Crippen molar-refractivity contribution in [3.63, 3.8) is 0 Å². The monoisotopic (exact) mass is 349 g/mol. The predicted molar refractivity (Wildman–Crippen MR) is 91.5 cm³/mol. The molecule has 0 saturated carbocycles. The van der Waals surface area contributed by atoms with Crippen LogP contribution < -0.4 is 15.8 Å². The standard InChI is InChI=1S/C14H23N3O3S.ClH/c1-9(10(2)15)14(18)16-11(3)12-7-5-6-8-13(12)17-21(4,19)20;/h5-11,17H,15H2,1-4H3,(H,16,18);1H. The maximum absolute atomic E-state index is 12.0. The number of nitrogens with one attached hydrogen (secondary N) is 2. The van der Waals surface area contributed by atoms with Gasteiger partial charge >= 0.3 is 0 Å². The van der Waals surface area contributed by atoms with Crippen LogP contribution in [0.1, 0.15) is 32.4 Å². The Bertz CT molecular complexity index is 605. The lowest BCUT2D eigenvalue weighted by atomic mass is 10.0. The highest BCUT2D eigenvalue weighted by atomic mass is 35.5. The number of carbonyl (C=O) groups is 1. The molecule has 0 saturated heterocycles. The van der Waals surface area contributed by atoms with E-state index in [2.05, 4.69) is 10.0 Å². The average molecular weight is 350 g/mol. The van der Waals surface area contributed by atoms with Crippen molar-refractivity contribution < 1.29 is 13.2 Å². The first-order valence-corrected chi connectivity index (χ1v) is 8.63. The number of hydrogen-bond acceptors (Lipinski definition) is 4. The molecule has 0 aliphatic heterocycles. The van der Waals surface area contributed by atoms with E-state index in [-0.39, 0.29) is 36.3 Å². The van der Waals surface area contributed by atoms with E-state index in [0.717, 1.165) is 6.26 Å². The Morgan fingerprint density at radius 3 is 2.23 bits per heavy atom. The molecule has 0 aliphatic rings. The van der Waals surface area contributed by atoms with E-state index in [1.54, 1.807) is 45.0 Å². The van der Waals surface area contributed by atoms with Gasteiger partial charge in [-0.1, -0.05) is 25.1 Å². The fourth-order valence-electron chi connectivity index (χ4n) is 1.83. The van der Waals surface area contributed by atoms with Gasteiger partial charge in [0, 0.05) is 12.0 Å². The Morgan fingerprint density at radius 2 is 1.73 bits per heavy atom. The Labute approximate surface area is 138 Å². The summed E-state index contributed by atoms with van der Waals surface area (Å²) in [5.74, 6) is -0.478. The molecular formula is C14H24ClN3O3S. The summed E-state index contributed by atoms with van der Waals surface area (Å²) in [4.78, 5) is 12.0. The number of anilines is 1. The molecular weight excluding hydrogens is 326 g/mol. The summed E-state index contributed by atoms with van der Waals surface area (Å²) >= 11 is 0. The Hall–Kier alpha value is -1.31. The first kappa shape index (κ1) is 20.7. The van der Waals surface area contributed by atoms with Gasteiger partial charge in [0.05, 0.1) is 18.0 Å². The van der Waals surface area contributed by atoms with Crippen LogP contribution in [0.25, 0.3) is 0 Å². The minimum atomic E-state index is -3.37. The first-order chi connectivity index (χ1) is 9.61. The number of nitrogens with two attached hydrogens (primary N) is 1. The molecule has 22 heavy (non-hydrogen) atoms. The van der Waals surface area contributed by atoms with Crippen molar-refractivity contribution in [2.45, 2.75) is 32.9 Å². The zero-order valence-electron chi connectivity index (χ0n) is 13.2. The second-order valence-electron chi connectivity index (χ2n) is 5.34. The number of benzene rings is 1.